The number of esters is 2. The summed E-state index contributed by atoms with van der Waals surface area (Å²) in [5, 5.41) is 20.1. The normalized spacial score (nSPS) is 12.9. The van der Waals surface area contributed by atoms with Crippen LogP contribution in [0, 0.1) is 11.8 Å². The van der Waals surface area contributed by atoms with Crippen molar-refractivity contribution >= 4 is 136 Å². The van der Waals surface area contributed by atoms with Gasteiger partial charge in [-0.05, 0) is 198 Å². The van der Waals surface area contributed by atoms with E-state index >= 15 is 0 Å². The van der Waals surface area contributed by atoms with Gasteiger partial charge in [0.2, 0.25) is 9.84 Å². The second-order valence-electron chi connectivity index (χ2n) is 29.4. The number of ether oxygens (including phenoxy) is 6. The highest BCUT2D eigenvalue weighted by Crippen LogP contribution is 2.40. The van der Waals surface area contributed by atoms with Gasteiger partial charge in [0, 0.05) is 117 Å². The van der Waals surface area contributed by atoms with Crippen LogP contribution in [-0.2, 0) is 83.8 Å². The number of rotatable bonds is 38. The second-order valence-corrected chi connectivity index (χ2v) is 41.0. The van der Waals surface area contributed by atoms with Crippen molar-refractivity contribution in [2.75, 3.05) is 53.2 Å². The molecule has 0 radical (unpaired) electrons. The number of halogens is 2. The van der Waals surface area contributed by atoms with E-state index in [0.29, 0.717) is 60.2 Å². The molecular formula is C90H125BBr2N12O12S7. The third-order valence-electron chi connectivity index (χ3n) is 19.7. The van der Waals surface area contributed by atoms with Crippen LogP contribution in [-0.4, -0.2) is 146 Å². The Kier molecular flexibility index (Phi) is 46.0. The number of hydrogen-bond donors (Lipinski definition) is 1. The van der Waals surface area contributed by atoms with Crippen molar-refractivity contribution in [2.45, 2.75) is 247 Å². The maximum atomic E-state index is 12.9. The third kappa shape index (κ3) is 34.0. The quantitative estimate of drug-likeness (QED) is 0.0214. The van der Waals surface area contributed by atoms with E-state index in [1.807, 2.05) is 107 Å². The monoisotopic (exact) mass is 1960 g/mol. The third-order valence-corrected chi connectivity index (χ3v) is 29.2. The van der Waals surface area contributed by atoms with Gasteiger partial charge in [-0.25, -0.2) is 23.4 Å². The molecule has 34 heteroatoms. The largest absolute Gasteiger partial charge is 0.498 e. The number of carbonyl (C=O) groups is 2. The summed E-state index contributed by atoms with van der Waals surface area (Å²) in [6, 6.07) is 23.2. The number of benzene rings is 4. The van der Waals surface area contributed by atoms with Crippen LogP contribution in [0.1, 0.15) is 177 Å². The van der Waals surface area contributed by atoms with E-state index < -0.39 is 9.84 Å². The van der Waals surface area contributed by atoms with Crippen molar-refractivity contribution in [1.82, 2.24) is 54.1 Å². The molecular weight excluding hydrogens is 1840 g/mol. The van der Waals surface area contributed by atoms with Gasteiger partial charge in [0.1, 0.15) is 32.2 Å². The summed E-state index contributed by atoms with van der Waals surface area (Å²) in [6.07, 6.45) is 31.3. The molecule has 0 bridgehead atoms. The molecule has 1 saturated heterocycles. The topological polar surface area (TPSA) is 278 Å². The average molecular weight is 1960 g/mol. The molecule has 1 fully saturated rings. The van der Waals surface area contributed by atoms with Gasteiger partial charge < -0.3 is 43.5 Å². The molecule has 7 aromatic heterocycles. The summed E-state index contributed by atoms with van der Waals surface area (Å²) in [4.78, 5) is 39.8. The number of thiazole rings is 3. The number of methoxy groups -OCH3 is 4. The van der Waals surface area contributed by atoms with Crippen molar-refractivity contribution in [3.05, 3.63) is 164 Å². The molecule has 0 amide bonds. The van der Waals surface area contributed by atoms with Crippen LogP contribution in [0.15, 0.2) is 177 Å². The minimum Gasteiger partial charge on any atom is -0.497 e. The van der Waals surface area contributed by atoms with Gasteiger partial charge in [-0.15, -0.1) is 57.5 Å². The first-order valence-corrected chi connectivity index (χ1v) is 49.9. The standard InChI is InChI=1S/C23H34N2O3S.C17H25BrO3S.C17H19N3OS2.C16H18N4O3S2.C11H19BN2O2.C5H6BrNS.CH4/c1-5-8-9-18(6-2)17-28-23(26)10-11-29-22-13-19(12-21(14-22)27-4)20-15-24-25(7-3)16-20;1-4-5-6-13(2)12-21-17(19)7-8-22-16-10-14(18)9-15(11-16)20-3;1-4-16-18-10-17(23-16)22-15-7-12(6-14(8-15)21-3)13-9-19-20(5-2)11-13;1-3-20-10-12(8-19-20)11-4-13(23-2)6-14(5-11)25(21,22)16-9-18-15(7-17)24-16;1-6-14-8-9(7-13-14)12-15-10(2,3)11(4,5)16-12;1-2-5-7-3-4(6)8-5;/h12-16,18H,5-11,17H2,1-4H3;9-11,13H,4-8,12H2,1-3H3;6-11H,4-5H2,1-3H3;4-6,8-10H,3,7,17H2,1-2H3;7-8H,6H2,1-5H3;3H,2H2,1H3;1H4. The van der Waals surface area contributed by atoms with Crippen LogP contribution >= 0.6 is 101 Å². The summed E-state index contributed by atoms with van der Waals surface area (Å²) < 4.78 is 80.9. The lowest BCUT2D eigenvalue weighted by Crippen LogP contribution is -2.41. The van der Waals surface area contributed by atoms with E-state index in [4.69, 9.17) is 43.5 Å². The minimum absolute atomic E-state index is 0. The number of carbonyl (C=O) groups excluding carboxylic acids is 2. The van der Waals surface area contributed by atoms with E-state index in [2.05, 4.69) is 182 Å². The molecule has 8 heterocycles. The smallest absolute Gasteiger partial charge is 0.497 e. The Balaban J connectivity index is 0.000000236. The Morgan fingerprint density at radius 1 is 0.524 bits per heavy atom. The molecule has 0 spiro atoms. The Morgan fingerprint density at radius 3 is 1.43 bits per heavy atom. The van der Waals surface area contributed by atoms with Crippen molar-refractivity contribution in [3.63, 3.8) is 0 Å². The first-order valence-electron chi connectivity index (χ1n) is 41.6. The van der Waals surface area contributed by atoms with Crippen LogP contribution < -0.4 is 30.1 Å². The van der Waals surface area contributed by atoms with Gasteiger partial charge >= 0.3 is 19.1 Å². The predicted octanol–water partition coefficient (Wildman–Crippen LogP) is 22.5. The number of aromatic nitrogens is 11. The maximum Gasteiger partial charge on any atom is 0.498 e. The van der Waals surface area contributed by atoms with Gasteiger partial charge in [0.05, 0.1) is 126 Å². The SMILES string of the molecule is C.CCCCC(C)COC(=O)CCSc1cc(Br)cc(OC)c1.CCCCC(CC)COC(=O)CCSc1cc(OC)cc(-c2cnn(CC)c2)c1.CCc1ncc(Br)s1.CCc1ncc(Sc2cc(OC)cc(-c3cnn(CC)c3)c2)s1.CCn1cc(-c2cc(OC)cc(S(=O)(=O)c3cnc(CN)s3)c2)cn1.CCn1cc(B2OC(C)(C)C(C)(C)O2)cn1. The van der Waals surface area contributed by atoms with Crippen molar-refractivity contribution in [3.8, 4) is 56.4 Å². The maximum absolute atomic E-state index is 12.9. The highest BCUT2D eigenvalue weighted by Gasteiger charge is 2.52. The Hall–Kier alpha value is -7.35. The fourth-order valence-electron chi connectivity index (χ4n) is 11.6. The van der Waals surface area contributed by atoms with Crippen molar-refractivity contribution in [1.29, 1.82) is 0 Å². The molecule has 11 aromatic rings. The molecule has 4 aromatic carbocycles. The zero-order valence-electron chi connectivity index (χ0n) is 74.2. The zero-order valence-corrected chi connectivity index (χ0v) is 83.1. The lowest BCUT2D eigenvalue weighted by Gasteiger charge is -2.32. The fraction of sp³-hybridized carbons (Fsp3) is 0.478. The number of nitrogens with zero attached hydrogens (tertiary/aromatic N) is 11. The summed E-state index contributed by atoms with van der Waals surface area (Å²) in [6.45, 7) is 33.9. The van der Waals surface area contributed by atoms with Crippen LogP contribution in [0.3, 0.4) is 0 Å². The van der Waals surface area contributed by atoms with Crippen LogP contribution in [0.5, 0.6) is 23.0 Å². The predicted molar refractivity (Wildman–Crippen MR) is 516 cm³/mol. The Morgan fingerprint density at radius 2 is 0.976 bits per heavy atom. The second kappa shape index (κ2) is 54.1. The molecule has 0 aliphatic carbocycles. The Labute approximate surface area is 777 Å². The average Bonchev–Trinajstić information content (AvgIpc) is 1.32. The number of thioether (sulfide) groups is 2. The van der Waals surface area contributed by atoms with Crippen molar-refractivity contribution in [2.24, 2.45) is 17.6 Å². The number of unbranched alkanes of at least 4 members (excludes halogenated alkanes) is 2. The number of nitrogens with two attached hydrogens (primary N) is 1. The fourth-order valence-corrected chi connectivity index (χ4v) is 19.9. The number of sulfone groups is 1. The molecule has 1 aliphatic heterocycles. The number of hydrogen-bond acceptors (Lipinski definition) is 26. The minimum atomic E-state index is -3.70. The van der Waals surface area contributed by atoms with E-state index in [0.717, 1.165) is 149 Å². The van der Waals surface area contributed by atoms with Crippen molar-refractivity contribution < 1.29 is 55.7 Å². The molecule has 676 valence electrons. The molecule has 0 saturated carbocycles. The van der Waals surface area contributed by atoms with E-state index in [9.17, 15) is 18.0 Å². The van der Waals surface area contributed by atoms with Gasteiger partial charge in [0.25, 0.3) is 0 Å². The molecule has 1 aliphatic rings. The lowest BCUT2D eigenvalue weighted by atomic mass is 9.82. The summed E-state index contributed by atoms with van der Waals surface area (Å²) >= 11 is 16.3. The van der Waals surface area contributed by atoms with Gasteiger partial charge in [-0.1, -0.05) is 109 Å². The molecule has 12 rings (SSSR count). The summed E-state index contributed by atoms with van der Waals surface area (Å²) in [7, 11) is 2.52. The molecule has 2 atom stereocenters. The highest BCUT2D eigenvalue weighted by molar-refractivity contribution is 9.11. The van der Waals surface area contributed by atoms with Crippen LogP contribution in [0.4, 0.5) is 0 Å². The van der Waals surface area contributed by atoms with Crippen LogP contribution in [0.2, 0.25) is 0 Å². The van der Waals surface area contributed by atoms with Gasteiger partial charge in [-0.2, -0.15) is 20.4 Å². The molecule has 2 unspecified atom stereocenters. The van der Waals surface area contributed by atoms with Gasteiger partial charge in [-0.3, -0.25) is 28.3 Å². The van der Waals surface area contributed by atoms with Gasteiger partial charge in [0.15, 0.2) is 0 Å². The summed E-state index contributed by atoms with van der Waals surface area (Å²) in [5.74, 6) is 5.04. The Bertz CT molecular complexity index is 5110. The lowest BCUT2D eigenvalue weighted by molar-refractivity contribution is -0.145. The molecule has 124 heavy (non-hydrogen) atoms. The first kappa shape index (κ1) is 105. The van der Waals surface area contributed by atoms with E-state index in [1.165, 1.54) is 59.3 Å². The van der Waals surface area contributed by atoms with Crippen LogP contribution in [0.25, 0.3) is 33.4 Å². The summed E-state index contributed by atoms with van der Waals surface area (Å²) in [5.41, 5.74) is 11.8. The number of aryl methyl sites for hydroxylation is 6. The molecule has 24 nitrogen and oxygen atoms in total. The highest BCUT2D eigenvalue weighted by atomic mass is 79.9. The zero-order chi connectivity index (χ0) is 89.7. The van der Waals surface area contributed by atoms with E-state index in [-0.39, 0.29) is 53.3 Å². The van der Waals surface area contributed by atoms with E-state index in [1.54, 1.807) is 102 Å². The molecule has 2 N–H and O–H groups in total. The first-order chi connectivity index (χ1) is 59.0.